The number of rotatable bonds is 3. The average molecular weight is 298 g/mol. The topological polar surface area (TPSA) is 63.1 Å². The first-order chi connectivity index (χ1) is 10.00. The highest BCUT2D eigenvalue weighted by molar-refractivity contribution is 7.13. The molecule has 106 valence electrons. The minimum Gasteiger partial charge on any atom is -0.481 e. The number of para-hydroxylation sites is 1. The van der Waals surface area contributed by atoms with Crippen molar-refractivity contribution >= 4 is 28.2 Å². The predicted molar refractivity (Wildman–Crippen MR) is 83.5 cm³/mol. The van der Waals surface area contributed by atoms with Crippen molar-refractivity contribution < 1.29 is 9.90 Å². The second kappa shape index (κ2) is 4.93. The summed E-state index contributed by atoms with van der Waals surface area (Å²) < 4.78 is 0. The monoisotopic (exact) mass is 298 g/mol. The van der Waals surface area contributed by atoms with Crippen LogP contribution in [0.25, 0.3) is 21.5 Å². The van der Waals surface area contributed by atoms with E-state index in [1.54, 1.807) is 20.0 Å². The van der Waals surface area contributed by atoms with Crippen molar-refractivity contribution in [1.82, 2.24) is 9.97 Å². The zero-order valence-corrected chi connectivity index (χ0v) is 12.5. The predicted octanol–water partition coefficient (Wildman–Crippen LogP) is 3.72. The highest BCUT2D eigenvalue weighted by Gasteiger charge is 2.32. The molecule has 2 aromatic heterocycles. The first-order valence-corrected chi connectivity index (χ1v) is 7.41. The van der Waals surface area contributed by atoms with Crippen LogP contribution in [0.2, 0.25) is 0 Å². The van der Waals surface area contributed by atoms with Crippen LogP contribution in [0.3, 0.4) is 0 Å². The highest BCUT2D eigenvalue weighted by atomic mass is 32.1. The Bertz CT molecular complexity index is 819. The SMILES string of the molecule is CC(C)(C(=O)O)c1csc(-c2ccnc3ccccc23)n1. The molecule has 3 rings (SSSR count). The van der Waals surface area contributed by atoms with Crippen LogP contribution in [0.15, 0.2) is 41.9 Å². The van der Waals surface area contributed by atoms with Crippen LogP contribution in [0.5, 0.6) is 0 Å². The summed E-state index contributed by atoms with van der Waals surface area (Å²) in [6.45, 7) is 3.33. The summed E-state index contributed by atoms with van der Waals surface area (Å²) in [5.74, 6) is -0.876. The summed E-state index contributed by atoms with van der Waals surface area (Å²) in [4.78, 5) is 20.2. The second-order valence-electron chi connectivity index (χ2n) is 5.34. The van der Waals surface area contributed by atoms with Gasteiger partial charge in [0.15, 0.2) is 0 Å². The maximum atomic E-state index is 11.3. The molecule has 0 radical (unpaired) electrons. The molecule has 4 nitrogen and oxygen atoms in total. The normalized spacial score (nSPS) is 11.7. The van der Waals surface area contributed by atoms with Crippen LogP contribution in [-0.4, -0.2) is 21.0 Å². The Morgan fingerprint density at radius 3 is 2.76 bits per heavy atom. The Morgan fingerprint density at radius 1 is 1.24 bits per heavy atom. The third-order valence-electron chi connectivity index (χ3n) is 3.56. The van der Waals surface area contributed by atoms with E-state index in [0.29, 0.717) is 5.69 Å². The van der Waals surface area contributed by atoms with Crippen molar-refractivity contribution in [3.63, 3.8) is 0 Å². The van der Waals surface area contributed by atoms with Crippen LogP contribution in [0.1, 0.15) is 19.5 Å². The minimum atomic E-state index is -0.989. The fourth-order valence-electron chi connectivity index (χ4n) is 2.08. The first kappa shape index (κ1) is 13.7. The molecule has 21 heavy (non-hydrogen) atoms. The Hall–Kier alpha value is -2.27. The number of hydrogen-bond donors (Lipinski definition) is 1. The zero-order chi connectivity index (χ0) is 15.0. The molecule has 0 aliphatic carbocycles. The van der Waals surface area contributed by atoms with E-state index in [0.717, 1.165) is 21.5 Å². The van der Waals surface area contributed by atoms with Gasteiger partial charge in [0.05, 0.1) is 11.2 Å². The van der Waals surface area contributed by atoms with E-state index < -0.39 is 11.4 Å². The quantitative estimate of drug-likeness (QED) is 0.800. The molecule has 0 bridgehead atoms. The highest BCUT2D eigenvalue weighted by Crippen LogP contribution is 2.33. The number of carbonyl (C=O) groups is 1. The zero-order valence-electron chi connectivity index (χ0n) is 11.7. The Labute approximate surface area is 126 Å². The van der Waals surface area contributed by atoms with Crippen molar-refractivity contribution in [3.8, 4) is 10.6 Å². The van der Waals surface area contributed by atoms with Gasteiger partial charge in [-0.3, -0.25) is 9.78 Å². The van der Waals surface area contributed by atoms with Crippen LogP contribution in [0.4, 0.5) is 0 Å². The molecule has 0 aliphatic heterocycles. The molecule has 0 atom stereocenters. The number of benzene rings is 1. The molecular formula is C16H14N2O2S. The maximum Gasteiger partial charge on any atom is 0.315 e. The molecule has 0 aliphatic rings. The molecule has 1 aromatic carbocycles. The van der Waals surface area contributed by atoms with E-state index in [2.05, 4.69) is 9.97 Å². The van der Waals surface area contributed by atoms with E-state index >= 15 is 0 Å². The van der Waals surface area contributed by atoms with E-state index in [1.165, 1.54) is 11.3 Å². The third kappa shape index (κ3) is 2.29. The summed E-state index contributed by atoms with van der Waals surface area (Å²) in [6.07, 6.45) is 1.75. The number of aromatic nitrogens is 2. The lowest BCUT2D eigenvalue weighted by molar-refractivity contribution is -0.142. The van der Waals surface area contributed by atoms with Gasteiger partial charge in [0.25, 0.3) is 0 Å². The van der Waals surface area contributed by atoms with Gasteiger partial charge in [0.2, 0.25) is 0 Å². The lowest BCUT2D eigenvalue weighted by atomic mass is 9.90. The lowest BCUT2D eigenvalue weighted by Crippen LogP contribution is -2.28. The molecular weight excluding hydrogens is 284 g/mol. The summed E-state index contributed by atoms with van der Waals surface area (Å²) in [6, 6.07) is 9.78. The number of carboxylic acid groups (broad SMARTS) is 1. The van der Waals surface area contributed by atoms with Gasteiger partial charge in [-0.15, -0.1) is 11.3 Å². The minimum absolute atomic E-state index is 0.580. The van der Waals surface area contributed by atoms with Gasteiger partial charge >= 0.3 is 5.97 Å². The number of pyridine rings is 1. The fourth-order valence-corrected chi connectivity index (χ4v) is 3.10. The fraction of sp³-hybridized carbons (Fsp3) is 0.188. The molecule has 2 heterocycles. The summed E-state index contributed by atoms with van der Waals surface area (Å²) >= 11 is 1.46. The lowest BCUT2D eigenvalue weighted by Gasteiger charge is -2.15. The number of thiazole rings is 1. The molecule has 0 spiro atoms. The molecule has 0 fully saturated rings. The van der Waals surface area contributed by atoms with Crippen molar-refractivity contribution in [2.24, 2.45) is 0 Å². The number of nitrogens with zero attached hydrogens (tertiary/aromatic N) is 2. The van der Waals surface area contributed by atoms with E-state index in [1.807, 2.05) is 35.7 Å². The van der Waals surface area contributed by atoms with Crippen molar-refractivity contribution in [3.05, 3.63) is 47.6 Å². The van der Waals surface area contributed by atoms with E-state index in [4.69, 9.17) is 0 Å². The Morgan fingerprint density at radius 2 is 2.00 bits per heavy atom. The number of hydrogen-bond acceptors (Lipinski definition) is 4. The van der Waals surface area contributed by atoms with E-state index in [-0.39, 0.29) is 0 Å². The largest absolute Gasteiger partial charge is 0.481 e. The Kier molecular flexibility index (Phi) is 3.22. The van der Waals surface area contributed by atoms with Gasteiger partial charge in [0.1, 0.15) is 10.4 Å². The molecule has 3 aromatic rings. The second-order valence-corrected chi connectivity index (χ2v) is 6.20. The smallest absolute Gasteiger partial charge is 0.315 e. The van der Waals surface area contributed by atoms with Crippen molar-refractivity contribution in [1.29, 1.82) is 0 Å². The standard InChI is InChI=1S/C16H14N2O2S/c1-16(2,15(19)20)13-9-21-14(18-13)11-7-8-17-12-6-4-3-5-10(11)12/h3-9H,1-2H3,(H,19,20). The number of carboxylic acids is 1. The Balaban J connectivity index is 2.13. The summed E-state index contributed by atoms with van der Waals surface area (Å²) in [5.41, 5.74) is 1.48. The average Bonchev–Trinajstić information content (AvgIpc) is 2.97. The molecule has 0 saturated heterocycles. The maximum absolute atomic E-state index is 11.3. The molecule has 1 N–H and O–H groups in total. The van der Waals surface area contributed by atoms with Crippen LogP contribution in [0, 0.1) is 0 Å². The molecule has 0 amide bonds. The van der Waals surface area contributed by atoms with Gasteiger partial charge in [-0.05, 0) is 26.0 Å². The van der Waals surface area contributed by atoms with Crippen molar-refractivity contribution in [2.45, 2.75) is 19.3 Å². The van der Waals surface area contributed by atoms with Crippen LogP contribution in [-0.2, 0) is 10.2 Å². The molecule has 0 unspecified atom stereocenters. The van der Waals surface area contributed by atoms with Crippen LogP contribution < -0.4 is 0 Å². The summed E-state index contributed by atoms with van der Waals surface area (Å²) in [7, 11) is 0. The number of fused-ring (bicyclic) bond motifs is 1. The van der Waals surface area contributed by atoms with E-state index in [9.17, 15) is 9.90 Å². The molecule has 0 saturated carbocycles. The van der Waals surface area contributed by atoms with Gasteiger partial charge in [-0.2, -0.15) is 0 Å². The van der Waals surface area contributed by atoms with Crippen molar-refractivity contribution in [2.75, 3.05) is 0 Å². The number of aliphatic carboxylic acids is 1. The molecule has 5 heteroatoms. The van der Waals surface area contributed by atoms with Gasteiger partial charge < -0.3 is 5.11 Å². The van der Waals surface area contributed by atoms with Gasteiger partial charge in [0, 0.05) is 22.5 Å². The van der Waals surface area contributed by atoms with Gasteiger partial charge in [-0.1, -0.05) is 18.2 Å². The third-order valence-corrected chi connectivity index (χ3v) is 4.43. The van der Waals surface area contributed by atoms with Crippen LogP contribution >= 0.6 is 11.3 Å². The first-order valence-electron chi connectivity index (χ1n) is 6.53. The van der Waals surface area contributed by atoms with Gasteiger partial charge in [-0.25, -0.2) is 4.98 Å². The summed E-state index contributed by atoms with van der Waals surface area (Å²) in [5, 5.41) is 13.0.